The Bertz CT molecular complexity index is 531. The van der Waals surface area contributed by atoms with Crippen molar-refractivity contribution in [2.45, 2.75) is 81.7 Å². The first kappa shape index (κ1) is 24.3. The topological polar surface area (TPSA) is 196 Å². The molecule has 2 aliphatic rings. The number of ether oxygens (including phenoxy) is 4. The molecule has 0 spiro atoms. The molecule has 11 unspecified atom stereocenters. The Labute approximate surface area is 167 Å². The summed E-state index contributed by atoms with van der Waals surface area (Å²) in [7, 11) is 0. The highest BCUT2D eigenvalue weighted by molar-refractivity contribution is 5.72. The second-order valence-corrected chi connectivity index (χ2v) is 7.29. The van der Waals surface area contributed by atoms with Gasteiger partial charge in [0.15, 0.2) is 6.29 Å². The number of hydrogen-bond donors (Lipinski definition) is 7. The summed E-state index contributed by atoms with van der Waals surface area (Å²) in [5, 5.41) is 68.8. The summed E-state index contributed by atoms with van der Waals surface area (Å²) in [5.74, 6) is -1.13. The van der Waals surface area contributed by atoms with E-state index in [1.54, 1.807) is 13.8 Å². The molecule has 0 aromatic rings. The van der Waals surface area contributed by atoms with Crippen LogP contribution >= 0.6 is 0 Å². The number of hydrogen-bond acceptors (Lipinski definition) is 12. The molecule has 170 valence electrons. The lowest BCUT2D eigenvalue weighted by atomic mass is 9.98. The number of carbonyl (C=O) groups is 1. The third kappa shape index (κ3) is 5.41. The molecule has 12 heteroatoms. The molecule has 0 aromatic heterocycles. The maximum Gasteiger partial charge on any atom is 0.311 e. The molecule has 2 heterocycles. The van der Waals surface area contributed by atoms with E-state index < -0.39 is 86.5 Å². The van der Waals surface area contributed by atoms with Crippen LogP contribution in [0.25, 0.3) is 0 Å². The largest absolute Gasteiger partial charge is 0.433 e. The second kappa shape index (κ2) is 10.4. The zero-order valence-corrected chi connectivity index (χ0v) is 16.1. The van der Waals surface area contributed by atoms with E-state index in [1.807, 2.05) is 0 Å². The molecular weight excluding hydrogens is 396 g/mol. The Morgan fingerprint density at radius 1 is 0.862 bits per heavy atom. The summed E-state index contributed by atoms with van der Waals surface area (Å²) in [5.41, 5.74) is 0. The quantitative estimate of drug-likeness (QED) is 0.196. The van der Waals surface area contributed by atoms with Crippen LogP contribution in [0.5, 0.6) is 0 Å². The van der Waals surface area contributed by atoms with Crippen LogP contribution in [0, 0.1) is 5.92 Å². The molecule has 0 aromatic carbocycles. The molecule has 7 N–H and O–H groups in total. The zero-order valence-electron chi connectivity index (χ0n) is 16.1. The summed E-state index contributed by atoms with van der Waals surface area (Å²) >= 11 is 0. The monoisotopic (exact) mass is 426 g/mol. The molecule has 12 nitrogen and oxygen atoms in total. The van der Waals surface area contributed by atoms with Gasteiger partial charge in [0, 0.05) is 0 Å². The maximum absolute atomic E-state index is 12.0. The average molecular weight is 426 g/mol. The highest BCUT2D eigenvalue weighted by Crippen LogP contribution is 2.26. The molecule has 0 bridgehead atoms. The smallest absolute Gasteiger partial charge is 0.311 e. The first-order chi connectivity index (χ1) is 13.6. The minimum atomic E-state index is -1.71. The molecule has 29 heavy (non-hydrogen) atoms. The third-order valence-electron chi connectivity index (χ3n) is 5.19. The Morgan fingerprint density at radius 2 is 1.38 bits per heavy atom. The molecule has 0 radical (unpaired) electrons. The van der Waals surface area contributed by atoms with Crippen molar-refractivity contribution >= 4 is 5.97 Å². The van der Waals surface area contributed by atoms with Crippen molar-refractivity contribution in [2.24, 2.45) is 5.92 Å². The Balaban J connectivity index is 2.00. The van der Waals surface area contributed by atoms with Gasteiger partial charge < -0.3 is 54.7 Å². The van der Waals surface area contributed by atoms with Gasteiger partial charge in [0.1, 0.15) is 48.8 Å². The molecule has 0 amide bonds. The Kier molecular flexibility index (Phi) is 8.72. The minimum absolute atomic E-state index is 0.474. The molecule has 11 atom stereocenters. The normalized spacial score (nSPS) is 44.3. The molecule has 2 fully saturated rings. The van der Waals surface area contributed by atoms with Crippen molar-refractivity contribution in [3.8, 4) is 0 Å². The minimum Gasteiger partial charge on any atom is -0.433 e. The van der Waals surface area contributed by atoms with Crippen molar-refractivity contribution < 1.29 is 59.5 Å². The third-order valence-corrected chi connectivity index (χ3v) is 5.19. The van der Waals surface area contributed by atoms with Crippen LogP contribution in [0.15, 0.2) is 0 Å². The maximum atomic E-state index is 12.0. The van der Waals surface area contributed by atoms with Crippen molar-refractivity contribution in [1.82, 2.24) is 0 Å². The van der Waals surface area contributed by atoms with E-state index in [-0.39, 0.29) is 0 Å². The van der Waals surface area contributed by atoms with E-state index in [1.165, 1.54) is 0 Å². The van der Waals surface area contributed by atoms with Crippen LogP contribution in [0.3, 0.4) is 0 Å². The highest BCUT2D eigenvalue weighted by Gasteiger charge is 2.48. The fourth-order valence-corrected chi connectivity index (χ4v) is 2.94. The van der Waals surface area contributed by atoms with E-state index >= 15 is 0 Å². The predicted octanol–water partition coefficient (Wildman–Crippen LogP) is -3.80. The van der Waals surface area contributed by atoms with Crippen LogP contribution < -0.4 is 0 Å². The SMILES string of the molecule is CCC(C)C(=O)OC1OC(COC2OC(CO)C(O)C(O)C2O)C(O)C(O)C1O. The lowest BCUT2D eigenvalue weighted by molar-refractivity contribution is -0.327. The highest BCUT2D eigenvalue weighted by atomic mass is 16.7. The van der Waals surface area contributed by atoms with Gasteiger partial charge >= 0.3 is 5.97 Å². The van der Waals surface area contributed by atoms with Crippen molar-refractivity contribution in [3.05, 3.63) is 0 Å². The van der Waals surface area contributed by atoms with E-state index in [0.717, 1.165) is 0 Å². The number of aliphatic hydroxyl groups is 7. The van der Waals surface area contributed by atoms with Gasteiger partial charge in [-0.15, -0.1) is 0 Å². The summed E-state index contributed by atoms with van der Waals surface area (Å²) < 4.78 is 20.9. The Morgan fingerprint density at radius 3 is 1.93 bits per heavy atom. The van der Waals surface area contributed by atoms with Gasteiger partial charge in [0.25, 0.3) is 0 Å². The van der Waals surface area contributed by atoms with Gasteiger partial charge in [0.05, 0.1) is 19.1 Å². The molecule has 2 saturated heterocycles. The lowest BCUT2D eigenvalue weighted by Gasteiger charge is -2.42. The first-order valence-electron chi connectivity index (χ1n) is 9.44. The van der Waals surface area contributed by atoms with Crippen LogP contribution in [0.1, 0.15) is 20.3 Å². The van der Waals surface area contributed by atoms with Crippen LogP contribution in [-0.4, -0.2) is 116 Å². The van der Waals surface area contributed by atoms with Gasteiger partial charge in [0.2, 0.25) is 6.29 Å². The second-order valence-electron chi connectivity index (χ2n) is 7.29. The van der Waals surface area contributed by atoms with Crippen molar-refractivity contribution in [1.29, 1.82) is 0 Å². The number of aliphatic hydroxyl groups excluding tert-OH is 7. The van der Waals surface area contributed by atoms with Gasteiger partial charge in [-0.3, -0.25) is 4.79 Å². The summed E-state index contributed by atoms with van der Waals surface area (Å²) in [4.78, 5) is 12.0. The summed E-state index contributed by atoms with van der Waals surface area (Å²) in [6.45, 7) is 2.24. The fraction of sp³-hybridized carbons (Fsp3) is 0.941. The number of carbonyl (C=O) groups excluding carboxylic acids is 1. The molecule has 2 rings (SSSR count). The standard InChI is InChI=1S/C17H30O12/c1-3-6(2)15(25)29-17-14(24)12(22)10(20)8(28-17)5-26-16-13(23)11(21)9(19)7(4-18)27-16/h6-14,16-24H,3-5H2,1-2H3. The number of esters is 1. The van der Waals surface area contributed by atoms with Crippen LogP contribution in [0.2, 0.25) is 0 Å². The lowest BCUT2D eigenvalue weighted by Crippen LogP contribution is -2.62. The first-order valence-corrected chi connectivity index (χ1v) is 9.44. The summed E-state index contributed by atoms with van der Waals surface area (Å²) in [6.07, 6.45) is -14.9. The van der Waals surface area contributed by atoms with Gasteiger partial charge in [-0.05, 0) is 6.42 Å². The Hall–Kier alpha value is -0.930. The van der Waals surface area contributed by atoms with Gasteiger partial charge in [-0.25, -0.2) is 0 Å². The predicted molar refractivity (Wildman–Crippen MR) is 91.9 cm³/mol. The van der Waals surface area contributed by atoms with Crippen molar-refractivity contribution in [3.63, 3.8) is 0 Å². The number of rotatable bonds is 7. The summed E-state index contributed by atoms with van der Waals surface area (Å²) in [6, 6.07) is 0. The molecule has 0 saturated carbocycles. The van der Waals surface area contributed by atoms with E-state index in [0.29, 0.717) is 6.42 Å². The molecule has 2 aliphatic heterocycles. The van der Waals surface area contributed by atoms with Crippen molar-refractivity contribution in [2.75, 3.05) is 13.2 Å². The van der Waals surface area contributed by atoms with Crippen LogP contribution in [0.4, 0.5) is 0 Å². The zero-order chi connectivity index (χ0) is 21.9. The molecule has 0 aliphatic carbocycles. The van der Waals surface area contributed by atoms with Gasteiger partial charge in [-0.2, -0.15) is 0 Å². The fourth-order valence-electron chi connectivity index (χ4n) is 2.94. The van der Waals surface area contributed by atoms with Crippen LogP contribution in [-0.2, 0) is 23.7 Å². The van der Waals surface area contributed by atoms with E-state index in [4.69, 9.17) is 18.9 Å². The van der Waals surface area contributed by atoms with E-state index in [2.05, 4.69) is 0 Å². The van der Waals surface area contributed by atoms with Gasteiger partial charge in [-0.1, -0.05) is 13.8 Å². The van der Waals surface area contributed by atoms with E-state index in [9.17, 15) is 40.5 Å². The average Bonchev–Trinajstić information content (AvgIpc) is 2.71. The molecular formula is C17H30O12.